The number of hydrogen-bond acceptors (Lipinski definition) is 14. The van der Waals surface area contributed by atoms with Crippen LogP contribution in [0.3, 0.4) is 0 Å². The third kappa shape index (κ3) is 12.1. The molecule has 2 heterocycles. The highest BCUT2D eigenvalue weighted by Gasteiger charge is 2.55. The maximum Gasteiger partial charge on any atom is 0.514 e. The first kappa shape index (κ1) is 39.8. The van der Waals surface area contributed by atoms with Crippen molar-refractivity contribution in [3.63, 3.8) is 0 Å². The summed E-state index contributed by atoms with van der Waals surface area (Å²) in [5.41, 5.74) is -0.943. The Morgan fingerprint density at radius 3 is 2.02 bits per heavy atom. The van der Waals surface area contributed by atoms with E-state index in [9.17, 15) is 42.9 Å². The number of carbonyl (C=O) groups excluding carboxylic acids is 3. The quantitative estimate of drug-likeness (QED) is 0.0605. The maximum atomic E-state index is 13.3. The van der Waals surface area contributed by atoms with Crippen LogP contribution in [0.25, 0.3) is 0 Å². The number of carbonyl (C=O) groups is 4. The van der Waals surface area contributed by atoms with E-state index in [4.69, 9.17) is 33.3 Å². The van der Waals surface area contributed by atoms with Gasteiger partial charge < -0.3 is 38.6 Å². The standard InChI is InChI=1S/C30H33N3O17P2/c1-2-3-14-23(34)31-22-15-16-33(28(37)32-22)27-26(49-30(39)46-20-12-8-5-9-13-20)25(48-29(38)45-19-10-6-4-7-11-19)21(47-27)17-44-52(42,43)50-51(40,41)18-24(35)36/h4-13,15-16,21,25-27H,2-3,14,17-18H2,1H3,(H4,31,32,34,35,36,37,40,41,42,43)/p+1/t21-,25?,26+,27-/m1/s1. The minimum Gasteiger partial charge on any atom is -0.481 e. The Morgan fingerprint density at radius 1 is 0.904 bits per heavy atom. The number of aromatic nitrogens is 2. The Kier molecular flexibility index (Phi) is 13.8. The fourth-order valence-electron chi connectivity index (χ4n) is 4.59. The highest BCUT2D eigenvalue weighted by Crippen LogP contribution is 2.59. The largest absolute Gasteiger partial charge is 0.514 e. The highest BCUT2D eigenvalue weighted by atomic mass is 31.3. The number of hydrogen-bond donors (Lipinski definition) is 5. The van der Waals surface area contributed by atoms with Gasteiger partial charge in [-0.25, -0.2) is 18.5 Å². The van der Waals surface area contributed by atoms with E-state index in [1.807, 2.05) is 6.92 Å². The zero-order valence-corrected chi connectivity index (χ0v) is 29.0. The van der Waals surface area contributed by atoms with Crippen molar-refractivity contribution in [1.29, 1.82) is 0 Å². The second-order valence-electron chi connectivity index (χ2n) is 10.8. The summed E-state index contributed by atoms with van der Waals surface area (Å²) in [4.78, 5) is 84.7. The number of rotatable bonds is 16. The lowest BCUT2D eigenvalue weighted by atomic mass is 10.1. The third-order valence-electron chi connectivity index (χ3n) is 6.79. The molecule has 1 fully saturated rings. The number of amides is 1. The average Bonchev–Trinajstić information content (AvgIpc) is 3.38. The molecule has 1 aliphatic heterocycles. The fraction of sp³-hybridized carbons (Fsp3) is 0.333. The third-order valence-corrected chi connectivity index (χ3v) is 9.78. The molecule has 5 N–H and O–H groups in total. The van der Waals surface area contributed by atoms with Crippen molar-refractivity contribution in [2.24, 2.45) is 0 Å². The van der Waals surface area contributed by atoms with Gasteiger partial charge >= 0.3 is 39.4 Å². The molecule has 1 aromatic heterocycles. The summed E-state index contributed by atoms with van der Waals surface area (Å²) in [6.45, 7) is 0.780. The number of phosphoric acid groups is 1. The number of benzene rings is 2. The second kappa shape index (κ2) is 18.0. The van der Waals surface area contributed by atoms with Gasteiger partial charge in [0.15, 0.2) is 6.10 Å². The Labute approximate surface area is 294 Å². The molecule has 3 unspecified atom stereocenters. The smallest absolute Gasteiger partial charge is 0.481 e. The molecule has 2 aromatic carbocycles. The van der Waals surface area contributed by atoms with E-state index in [0.717, 1.165) is 17.2 Å². The molecular weight excluding hydrogens is 736 g/mol. The van der Waals surface area contributed by atoms with Crippen molar-refractivity contribution in [2.75, 3.05) is 18.1 Å². The minimum atomic E-state index is -5.54. The first-order valence-corrected chi connectivity index (χ1v) is 18.6. The number of unbranched alkanes of at least 4 members (excludes halogenated alkanes) is 1. The molecule has 1 aliphatic rings. The summed E-state index contributed by atoms with van der Waals surface area (Å²) in [6, 6.07) is 16.4. The van der Waals surface area contributed by atoms with Crippen LogP contribution in [0.5, 0.6) is 11.5 Å². The molecule has 3 aromatic rings. The molecule has 0 saturated carbocycles. The molecule has 280 valence electrons. The van der Waals surface area contributed by atoms with E-state index in [0.29, 0.717) is 6.42 Å². The van der Waals surface area contributed by atoms with Crippen LogP contribution in [0, 0.1) is 0 Å². The van der Waals surface area contributed by atoms with E-state index in [1.165, 1.54) is 30.3 Å². The second-order valence-corrected chi connectivity index (χ2v) is 14.3. The van der Waals surface area contributed by atoms with Gasteiger partial charge in [-0.3, -0.25) is 24.0 Å². The summed E-state index contributed by atoms with van der Waals surface area (Å²) in [5, 5.41) is 11.3. The van der Waals surface area contributed by atoms with E-state index in [2.05, 4.69) is 14.6 Å². The lowest BCUT2D eigenvalue weighted by Crippen LogP contribution is -2.59. The molecule has 0 radical (unpaired) electrons. The summed E-state index contributed by atoms with van der Waals surface area (Å²) in [5.74, 6) is -2.16. The topological polar surface area (TPSA) is 276 Å². The zero-order chi connectivity index (χ0) is 37.9. The first-order valence-electron chi connectivity index (χ1n) is 15.3. The van der Waals surface area contributed by atoms with Gasteiger partial charge in [0, 0.05) is 12.5 Å². The lowest BCUT2D eigenvalue weighted by Gasteiger charge is -2.23. The molecule has 52 heavy (non-hydrogen) atoms. The number of ether oxygens (including phenoxy) is 5. The van der Waals surface area contributed by atoms with E-state index in [-0.39, 0.29) is 29.6 Å². The molecular formula is C30H34N3O17P2+. The molecule has 20 nitrogen and oxygen atoms in total. The van der Waals surface area contributed by atoms with Gasteiger partial charge in [-0.1, -0.05) is 49.7 Å². The van der Waals surface area contributed by atoms with Gasteiger partial charge in [-0.2, -0.15) is 14.3 Å². The van der Waals surface area contributed by atoms with Gasteiger partial charge in [0.1, 0.15) is 30.0 Å². The number of aliphatic carboxylic acids is 1. The van der Waals surface area contributed by atoms with Crippen LogP contribution >= 0.6 is 15.4 Å². The predicted octanol–water partition coefficient (Wildman–Crippen LogP) is 3.26. The zero-order valence-electron chi connectivity index (χ0n) is 27.2. The fourth-order valence-corrected chi connectivity index (χ4v) is 6.98. The van der Waals surface area contributed by atoms with Crippen molar-refractivity contribution >= 4 is 45.4 Å². The van der Waals surface area contributed by atoms with Crippen molar-refractivity contribution < 1.29 is 80.3 Å². The number of H-pyrrole nitrogens is 1. The maximum absolute atomic E-state index is 13.3. The van der Waals surface area contributed by atoms with Crippen LogP contribution in [0.4, 0.5) is 15.4 Å². The van der Waals surface area contributed by atoms with Crippen molar-refractivity contribution in [3.8, 4) is 11.5 Å². The summed E-state index contributed by atoms with van der Waals surface area (Å²) >= 11 is 0. The Balaban J connectivity index is 1.67. The average molecular weight is 771 g/mol. The Bertz CT molecular complexity index is 1880. The number of para-hydroxylation sites is 2. The number of aromatic amines is 1. The molecule has 0 spiro atoms. The first-order chi connectivity index (χ1) is 24.6. The Hall–Kier alpha value is -4.94. The predicted molar refractivity (Wildman–Crippen MR) is 173 cm³/mol. The van der Waals surface area contributed by atoms with Gasteiger partial charge in [-0.15, -0.1) is 0 Å². The van der Waals surface area contributed by atoms with Crippen molar-refractivity contribution in [2.45, 2.75) is 50.7 Å². The number of carboxylic acids is 1. The van der Waals surface area contributed by atoms with Crippen LogP contribution in [-0.4, -0.2) is 75.1 Å². The lowest BCUT2D eigenvalue weighted by molar-refractivity contribution is -0.779. The molecule has 6 atom stereocenters. The van der Waals surface area contributed by atoms with Gasteiger partial charge in [0.05, 0.1) is 6.61 Å². The SMILES string of the molecule is CCCCC(=O)Nc1cc[n+]([C@@H]2O[C@H](COP(=O)(O)OP(=O)(O)CC(=O)O)C(OC(=O)Oc3ccccc3)[C@@H]2OC(=O)Oc2ccccc2)c(=O)[nH]1. The number of nitrogens with one attached hydrogen (secondary N) is 2. The number of phosphoric ester groups is 1. The van der Waals surface area contributed by atoms with Crippen LogP contribution < -0.4 is 25.0 Å². The molecule has 1 amide bonds. The van der Waals surface area contributed by atoms with E-state index >= 15 is 0 Å². The summed E-state index contributed by atoms with van der Waals surface area (Å²) in [6.07, 6.45) is -8.75. The molecule has 0 bridgehead atoms. The molecule has 22 heteroatoms. The van der Waals surface area contributed by atoms with Crippen molar-refractivity contribution in [3.05, 3.63) is 83.4 Å². The number of anilines is 1. The summed E-state index contributed by atoms with van der Waals surface area (Å²) in [7, 11) is -10.7. The Morgan fingerprint density at radius 2 is 1.48 bits per heavy atom. The van der Waals surface area contributed by atoms with Crippen molar-refractivity contribution in [1.82, 2.24) is 4.98 Å². The highest BCUT2D eigenvalue weighted by molar-refractivity contribution is 7.64. The van der Waals surface area contributed by atoms with Crippen LogP contribution in [0.15, 0.2) is 77.7 Å². The minimum absolute atomic E-state index is 0.00594. The molecule has 0 aliphatic carbocycles. The monoisotopic (exact) mass is 770 g/mol. The van der Waals surface area contributed by atoms with E-state index in [1.54, 1.807) is 36.4 Å². The molecule has 1 saturated heterocycles. The van der Waals surface area contributed by atoms with Crippen LogP contribution in [0.2, 0.25) is 0 Å². The van der Waals surface area contributed by atoms with Crippen LogP contribution in [0.1, 0.15) is 32.4 Å². The van der Waals surface area contributed by atoms with E-state index < -0.39 is 76.7 Å². The normalized spacial score (nSPS) is 20.4. The van der Waals surface area contributed by atoms with Gasteiger partial charge in [0.2, 0.25) is 24.1 Å². The van der Waals surface area contributed by atoms with Crippen LogP contribution in [-0.2, 0) is 41.8 Å². The van der Waals surface area contributed by atoms with Gasteiger partial charge in [0.25, 0.3) is 0 Å². The van der Waals surface area contributed by atoms with Gasteiger partial charge in [-0.05, 0) is 30.7 Å². The summed E-state index contributed by atoms with van der Waals surface area (Å²) < 4.78 is 61.6. The number of carboxylic acid groups (broad SMARTS) is 1. The molecule has 4 rings (SSSR count). The number of nitrogens with zero attached hydrogens (tertiary/aromatic N) is 1.